The average Bonchev–Trinajstić information content (AvgIpc) is 2.71. The number of nitriles is 1. The maximum atomic E-state index is 12.5. The summed E-state index contributed by atoms with van der Waals surface area (Å²) in [7, 11) is 1.50. The zero-order chi connectivity index (χ0) is 20.5. The summed E-state index contributed by atoms with van der Waals surface area (Å²) in [6.07, 6.45) is 6.72. The summed E-state index contributed by atoms with van der Waals surface area (Å²) < 4.78 is 11.4. The molecule has 2 aromatic rings. The lowest BCUT2D eigenvalue weighted by Gasteiger charge is -2.14. The van der Waals surface area contributed by atoms with E-state index in [1.54, 1.807) is 12.1 Å². The molecule has 28 heavy (non-hydrogen) atoms. The molecule has 0 saturated heterocycles. The van der Waals surface area contributed by atoms with Gasteiger partial charge in [-0.2, -0.15) is 5.26 Å². The molecule has 0 spiro atoms. The summed E-state index contributed by atoms with van der Waals surface area (Å²) in [5.41, 5.74) is 1.54. The summed E-state index contributed by atoms with van der Waals surface area (Å²) >= 11 is 3.40. The van der Waals surface area contributed by atoms with Crippen LogP contribution in [0.2, 0.25) is 0 Å². The molecule has 0 aliphatic heterocycles. The van der Waals surface area contributed by atoms with Crippen molar-refractivity contribution in [2.24, 2.45) is 0 Å². The van der Waals surface area contributed by atoms with Crippen LogP contribution in [-0.4, -0.2) is 19.6 Å². The Kier molecular flexibility index (Phi) is 7.68. The smallest absolute Gasteiger partial charge is 0.262 e. The van der Waals surface area contributed by atoms with E-state index >= 15 is 0 Å². The number of benzene rings is 2. The molecule has 2 aromatic carbocycles. The highest BCUT2D eigenvalue weighted by atomic mass is 79.9. The topological polar surface area (TPSA) is 71.3 Å². The van der Waals surface area contributed by atoms with Gasteiger partial charge in [0.1, 0.15) is 18.2 Å². The number of terminal acetylenes is 1. The second kappa shape index (κ2) is 10.2. The Morgan fingerprint density at radius 1 is 1.36 bits per heavy atom. The van der Waals surface area contributed by atoms with Crippen molar-refractivity contribution in [2.45, 2.75) is 13.0 Å². The van der Waals surface area contributed by atoms with Gasteiger partial charge in [0, 0.05) is 0 Å². The first-order valence-electron chi connectivity index (χ1n) is 8.41. The van der Waals surface area contributed by atoms with Crippen LogP contribution >= 0.6 is 15.9 Å². The molecule has 5 nitrogen and oxygen atoms in total. The molecular formula is C22H19BrN2O3. The second-order valence-corrected chi connectivity index (χ2v) is 6.66. The highest BCUT2D eigenvalue weighted by Crippen LogP contribution is 2.37. The van der Waals surface area contributed by atoms with E-state index in [0.717, 1.165) is 5.56 Å². The van der Waals surface area contributed by atoms with E-state index in [1.165, 1.54) is 13.2 Å². The quantitative estimate of drug-likeness (QED) is 0.398. The Balaban J connectivity index is 2.26. The molecule has 0 bridgehead atoms. The Morgan fingerprint density at radius 2 is 2.07 bits per heavy atom. The molecule has 0 radical (unpaired) electrons. The fourth-order valence-electron chi connectivity index (χ4n) is 2.49. The van der Waals surface area contributed by atoms with Crippen LogP contribution in [0.4, 0.5) is 0 Å². The van der Waals surface area contributed by atoms with Crippen molar-refractivity contribution in [3.05, 3.63) is 63.6 Å². The number of hydrogen-bond donors (Lipinski definition) is 1. The van der Waals surface area contributed by atoms with Gasteiger partial charge in [-0.15, -0.1) is 6.42 Å². The zero-order valence-corrected chi connectivity index (χ0v) is 17.1. The average molecular weight is 439 g/mol. The van der Waals surface area contributed by atoms with Crippen molar-refractivity contribution in [3.8, 4) is 29.9 Å². The summed E-state index contributed by atoms with van der Waals surface area (Å²) in [4.78, 5) is 12.5. The van der Waals surface area contributed by atoms with E-state index in [4.69, 9.17) is 15.9 Å². The fraction of sp³-hybridized carbons (Fsp3) is 0.182. The van der Waals surface area contributed by atoms with Gasteiger partial charge in [-0.1, -0.05) is 36.3 Å². The lowest BCUT2D eigenvalue weighted by Crippen LogP contribution is -2.27. The van der Waals surface area contributed by atoms with Gasteiger partial charge in [0.25, 0.3) is 5.91 Å². The molecule has 0 fully saturated rings. The predicted molar refractivity (Wildman–Crippen MR) is 112 cm³/mol. The Hall–Kier alpha value is -3.22. The number of rotatable bonds is 7. The third-order valence-electron chi connectivity index (χ3n) is 3.87. The van der Waals surface area contributed by atoms with Crippen LogP contribution in [0.5, 0.6) is 11.5 Å². The molecule has 0 unspecified atom stereocenters. The molecule has 0 heterocycles. The van der Waals surface area contributed by atoms with Gasteiger partial charge < -0.3 is 14.8 Å². The van der Waals surface area contributed by atoms with E-state index in [0.29, 0.717) is 21.5 Å². The number of amides is 1. The highest BCUT2D eigenvalue weighted by Gasteiger charge is 2.15. The van der Waals surface area contributed by atoms with E-state index in [9.17, 15) is 10.1 Å². The van der Waals surface area contributed by atoms with Gasteiger partial charge in [0.05, 0.1) is 17.6 Å². The molecule has 0 aliphatic carbocycles. The van der Waals surface area contributed by atoms with Crippen LogP contribution in [0, 0.1) is 23.7 Å². The summed E-state index contributed by atoms with van der Waals surface area (Å²) in [5.74, 6) is 2.83. The maximum absolute atomic E-state index is 12.5. The van der Waals surface area contributed by atoms with Gasteiger partial charge in [0.15, 0.2) is 11.5 Å². The predicted octanol–water partition coefficient (Wildman–Crippen LogP) is 4.25. The monoisotopic (exact) mass is 438 g/mol. The van der Waals surface area contributed by atoms with Crippen molar-refractivity contribution in [3.63, 3.8) is 0 Å². The molecule has 0 saturated carbocycles. The number of carbonyl (C=O) groups is 1. The molecule has 0 aliphatic rings. The second-order valence-electron chi connectivity index (χ2n) is 5.80. The number of carbonyl (C=O) groups excluding carboxylic acids is 1. The van der Waals surface area contributed by atoms with Crippen LogP contribution in [-0.2, 0) is 4.79 Å². The van der Waals surface area contributed by atoms with E-state index in [2.05, 4.69) is 27.2 Å². The first kappa shape index (κ1) is 21.1. The number of ether oxygens (including phenoxy) is 2. The molecule has 1 atom stereocenters. The van der Waals surface area contributed by atoms with E-state index in [1.807, 2.05) is 43.3 Å². The van der Waals surface area contributed by atoms with Gasteiger partial charge >= 0.3 is 0 Å². The van der Waals surface area contributed by atoms with Crippen molar-refractivity contribution in [1.82, 2.24) is 5.32 Å². The van der Waals surface area contributed by atoms with Gasteiger partial charge in [0.2, 0.25) is 0 Å². The van der Waals surface area contributed by atoms with Crippen LogP contribution < -0.4 is 14.8 Å². The van der Waals surface area contributed by atoms with Crippen LogP contribution in [0.25, 0.3) is 6.08 Å². The molecule has 2 rings (SSSR count). The van der Waals surface area contributed by atoms with Gasteiger partial charge in [-0.25, -0.2) is 0 Å². The largest absolute Gasteiger partial charge is 0.493 e. The molecule has 1 N–H and O–H groups in total. The molecule has 142 valence electrons. The summed E-state index contributed by atoms with van der Waals surface area (Å²) in [6, 6.07) is 14.6. The Morgan fingerprint density at radius 3 is 2.68 bits per heavy atom. The molecule has 0 aromatic heterocycles. The molecule has 6 heteroatoms. The van der Waals surface area contributed by atoms with Gasteiger partial charge in [-0.05, 0) is 52.2 Å². The van der Waals surface area contributed by atoms with Gasteiger partial charge in [-0.3, -0.25) is 4.79 Å². The normalized spacial score (nSPS) is 11.7. The van der Waals surface area contributed by atoms with Crippen LogP contribution in [0.3, 0.4) is 0 Å². The highest BCUT2D eigenvalue weighted by molar-refractivity contribution is 9.10. The van der Waals surface area contributed by atoms with Crippen LogP contribution in [0.1, 0.15) is 24.1 Å². The van der Waals surface area contributed by atoms with Crippen molar-refractivity contribution < 1.29 is 14.3 Å². The van der Waals surface area contributed by atoms with E-state index < -0.39 is 5.91 Å². The third kappa shape index (κ3) is 5.39. The minimum absolute atomic E-state index is 0.0194. The number of halogens is 1. The minimum Gasteiger partial charge on any atom is -0.493 e. The SMILES string of the molecule is C#CCOc1c(Br)cc(/C=C(\C#N)C(=O)N[C@H](C)c2ccccc2)cc1OC. The number of nitrogens with zero attached hydrogens (tertiary/aromatic N) is 1. The van der Waals surface area contributed by atoms with Crippen molar-refractivity contribution in [2.75, 3.05) is 13.7 Å². The Labute approximate surface area is 173 Å². The number of hydrogen-bond acceptors (Lipinski definition) is 4. The summed E-state index contributed by atoms with van der Waals surface area (Å²) in [6.45, 7) is 1.95. The number of methoxy groups -OCH3 is 1. The standard InChI is InChI=1S/C22H19BrN2O3/c1-4-10-28-21-19(23)12-16(13-20(21)27-3)11-18(14-24)22(26)25-15(2)17-8-6-5-7-9-17/h1,5-9,11-13,15H,10H2,2-3H3,(H,25,26)/b18-11+/t15-/m1/s1. The van der Waals surface area contributed by atoms with Crippen LogP contribution in [0.15, 0.2) is 52.5 Å². The first-order chi connectivity index (χ1) is 13.5. The molecular weight excluding hydrogens is 420 g/mol. The third-order valence-corrected chi connectivity index (χ3v) is 4.46. The lowest BCUT2D eigenvalue weighted by atomic mass is 10.1. The Bertz CT molecular complexity index is 956. The fourth-order valence-corrected chi connectivity index (χ4v) is 3.07. The zero-order valence-electron chi connectivity index (χ0n) is 15.5. The number of nitrogens with one attached hydrogen (secondary N) is 1. The lowest BCUT2D eigenvalue weighted by molar-refractivity contribution is -0.117. The maximum Gasteiger partial charge on any atom is 0.262 e. The van der Waals surface area contributed by atoms with Crippen molar-refractivity contribution >= 4 is 27.9 Å². The first-order valence-corrected chi connectivity index (χ1v) is 9.20. The van der Waals surface area contributed by atoms with E-state index in [-0.39, 0.29) is 18.2 Å². The minimum atomic E-state index is -0.457. The molecule has 1 amide bonds. The summed E-state index contributed by atoms with van der Waals surface area (Å²) in [5, 5.41) is 12.3. The van der Waals surface area contributed by atoms with Crippen molar-refractivity contribution in [1.29, 1.82) is 5.26 Å².